The molecule has 2 heterocycles. The van der Waals surface area contributed by atoms with Gasteiger partial charge in [-0.2, -0.15) is 8.75 Å². The van der Waals surface area contributed by atoms with Crippen LogP contribution in [0.2, 0.25) is 0 Å². The number of likely N-dealkylation sites (tertiary alicyclic amines) is 1. The lowest BCUT2D eigenvalue weighted by molar-refractivity contribution is 0.188. The van der Waals surface area contributed by atoms with Crippen LogP contribution in [0.25, 0.3) is 0 Å². The summed E-state index contributed by atoms with van der Waals surface area (Å²) in [4.78, 5) is 2.47. The van der Waals surface area contributed by atoms with Crippen LogP contribution in [0.5, 0.6) is 0 Å². The molecule has 0 atom stereocenters. The number of piperidine rings is 1. The number of hydrogen-bond acceptors (Lipinski definition) is 5. The molecule has 1 aromatic heterocycles. The third-order valence-corrected chi connectivity index (χ3v) is 4.33. The normalized spacial score (nSPS) is 17.4. The smallest absolute Gasteiger partial charge is 0.0883 e. The first-order valence-electron chi connectivity index (χ1n) is 7.16. The van der Waals surface area contributed by atoms with Crippen LogP contribution in [-0.4, -0.2) is 32.8 Å². The van der Waals surface area contributed by atoms with E-state index in [4.69, 9.17) is 0 Å². The molecule has 0 aliphatic carbocycles. The molecule has 1 N–H and O–H groups in total. The maximum Gasteiger partial charge on any atom is 0.0883 e. The van der Waals surface area contributed by atoms with Crippen LogP contribution in [0.15, 0.2) is 36.5 Å². The molecular formula is C15H20N4S. The van der Waals surface area contributed by atoms with E-state index >= 15 is 0 Å². The van der Waals surface area contributed by atoms with Crippen LogP contribution in [0.4, 0.5) is 0 Å². The number of aromatic nitrogens is 2. The third kappa shape index (κ3) is 3.85. The van der Waals surface area contributed by atoms with Crippen molar-refractivity contribution in [2.24, 2.45) is 0 Å². The summed E-state index contributed by atoms with van der Waals surface area (Å²) in [5.74, 6) is 0. The molecule has 2 aromatic rings. The number of nitrogens with zero attached hydrogens (tertiary/aromatic N) is 3. The van der Waals surface area contributed by atoms with Crippen LogP contribution in [0.1, 0.15) is 24.1 Å². The van der Waals surface area contributed by atoms with Crippen molar-refractivity contribution in [2.75, 3.05) is 13.1 Å². The Balaban J connectivity index is 1.40. The van der Waals surface area contributed by atoms with Crippen LogP contribution >= 0.6 is 11.7 Å². The van der Waals surface area contributed by atoms with Gasteiger partial charge in [0.15, 0.2) is 0 Å². The zero-order valence-electron chi connectivity index (χ0n) is 11.5. The Morgan fingerprint density at radius 1 is 1.20 bits per heavy atom. The van der Waals surface area contributed by atoms with Crippen molar-refractivity contribution in [3.05, 3.63) is 47.8 Å². The van der Waals surface area contributed by atoms with E-state index in [1.54, 1.807) is 0 Å². The van der Waals surface area contributed by atoms with Crippen molar-refractivity contribution in [3.63, 3.8) is 0 Å². The first-order chi connectivity index (χ1) is 9.90. The van der Waals surface area contributed by atoms with Gasteiger partial charge in [-0.1, -0.05) is 30.3 Å². The van der Waals surface area contributed by atoms with E-state index in [-0.39, 0.29) is 0 Å². The highest BCUT2D eigenvalue weighted by atomic mass is 32.1. The molecule has 20 heavy (non-hydrogen) atoms. The fraction of sp³-hybridized carbons (Fsp3) is 0.467. The monoisotopic (exact) mass is 288 g/mol. The molecule has 0 spiro atoms. The van der Waals surface area contributed by atoms with Crippen molar-refractivity contribution in [3.8, 4) is 0 Å². The van der Waals surface area contributed by atoms with Gasteiger partial charge in [0.1, 0.15) is 0 Å². The molecule has 0 amide bonds. The Kier molecular flexibility index (Phi) is 4.73. The van der Waals surface area contributed by atoms with Gasteiger partial charge < -0.3 is 5.32 Å². The van der Waals surface area contributed by atoms with Crippen LogP contribution in [0, 0.1) is 0 Å². The minimum atomic E-state index is 0.639. The molecule has 1 saturated heterocycles. The summed E-state index contributed by atoms with van der Waals surface area (Å²) >= 11 is 1.30. The van der Waals surface area contributed by atoms with Gasteiger partial charge in [0.25, 0.3) is 0 Å². The van der Waals surface area contributed by atoms with Gasteiger partial charge in [-0.25, -0.2) is 0 Å². The molecular weight excluding hydrogens is 268 g/mol. The highest BCUT2D eigenvalue weighted by molar-refractivity contribution is 6.99. The van der Waals surface area contributed by atoms with E-state index < -0.39 is 0 Å². The van der Waals surface area contributed by atoms with Gasteiger partial charge in [0, 0.05) is 32.2 Å². The molecule has 4 nitrogen and oxygen atoms in total. The summed E-state index contributed by atoms with van der Waals surface area (Å²) in [7, 11) is 0. The summed E-state index contributed by atoms with van der Waals surface area (Å²) in [6.45, 7) is 4.21. The summed E-state index contributed by atoms with van der Waals surface area (Å²) in [6, 6.07) is 11.3. The SMILES string of the molecule is c1ccc(CNC2CCN(Cc3cnsn3)CC2)cc1. The second-order valence-electron chi connectivity index (χ2n) is 5.32. The molecule has 106 valence electrons. The maximum atomic E-state index is 4.28. The number of benzene rings is 1. The summed E-state index contributed by atoms with van der Waals surface area (Å²) in [5.41, 5.74) is 2.47. The lowest BCUT2D eigenvalue weighted by atomic mass is 10.0. The van der Waals surface area contributed by atoms with Crippen molar-refractivity contribution in [1.29, 1.82) is 0 Å². The first kappa shape index (κ1) is 13.7. The molecule has 1 aliphatic rings. The van der Waals surface area contributed by atoms with E-state index in [2.05, 4.69) is 49.3 Å². The first-order valence-corrected chi connectivity index (χ1v) is 7.89. The zero-order chi connectivity index (χ0) is 13.6. The predicted molar refractivity (Wildman–Crippen MR) is 81.5 cm³/mol. The number of hydrogen-bond donors (Lipinski definition) is 1. The van der Waals surface area contributed by atoms with Gasteiger partial charge in [-0.3, -0.25) is 4.90 Å². The molecule has 1 aliphatic heterocycles. The van der Waals surface area contributed by atoms with E-state index in [0.717, 1.165) is 31.9 Å². The van der Waals surface area contributed by atoms with Crippen molar-refractivity contribution in [2.45, 2.75) is 32.0 Å². The minimum Gasteiger partial charge on any atom is -0.310 e. The Hall–Kier alpha value is -1.30. The highest BCUT2D eigenvalue weighted by Gasteiger charge is 2.19. The van der Waals surface area contributed by atoms with E-state index in [1.807, 2.05) is 6.20 Å². The largest absolute Gasteiger partial charge is 0.310 e. The molecule has 0 unspecified atom stereocenters. The zero-order valence-corrected chi connectivity index (χ0v) is 12.4. The standard InChI is InChI=1S/C15H20N4S/c1-2-4-13(5-3-1)10-16-14-6-8-19(9-7-14)12-15-11-17-20-18-15/h1-5,11,14,16H,6-10,12H2. The number of nitrogens with one attached hydrogen (secondary N) is 1. The summed E-state index contributed by atoms with van der Waals surface area (Å²) in [5, 5.41) is 3.66. The Labute approximate surface area is 124 Å². The van der Waals surface area contributed by atoms with Crippen LogP contribution in [0.3, 0.4) is 0 Å². The molecule has 5 heteroatoms. The summed E-state index contributed by atoms with van der Waals surface area (Å²) in [6.07, 6.45) is 4.30. The lowest BCUT2D eigenvalue weighted by Gasteiger charge is -2.31. The second kappa shape index (κ2) is 6.92. The lowest BCUT2D eigenvalue weighted by Crippen LogP contribution is -2.41. The number of rotatable bonds is 5. The second-order valence-corrected chi connectivity index (χ2v) is 5.87. The van der Waals surface area contributed by atoms with Gasteiger partial charge >= 0.3 is 0 Å². The maximum absolute atomic E-state index is 4.28. The Morgan fingerprint density at radius 3 is 2.70 bits per heavy atom. The fourth-order valence-electron chi connectivity index (χ4n) is 2.64. The van der Waals surface area contributed by atoms with E-state index in [1.165, 1.54) is 30.1 Å². The van der Waals surface area contributed by atoms with Crippen LogP contribution in [-0.2, 0) is 13.1 Å². The average molecular weight is 288 g/mol. The van der Waals surface area contributed by atoms with Gasteiger partial charge in [-0.15, -0.1) is 0 Å². The van der Waals surface area contributed by atoms with Crippen molar-refractivity contribution in [1.82, 2.24) is 19.0 Å². The fourth-order valence-corrected chi connectivity index (χ4v) is 3.06. The molecule has 0 bridgehead atoms. The third-order valence-electron chi connectivity index (χ3n) is 3.82. The molecule has 0 saturated carbocycles. The van der Waals surface area contributed by atoms with Crippen LogP contribution < -0.4 is 5.32 Å². The molecule has 0 radical (unpaired) electrons. The van der Waals surface area contributed by atoms with Gasteiger partial charge in [0.05, 0.1) is 23.6 Å². The Morgan fingerprint density at radius 2 is 2.00 bits per heavy atom. The molecule has 1 aromatic carbocycles. The van der Waals surface area contributed by atoms with E-state index in [9.17, 15) is 0 Å². The average Bonchev–Trinajstić information content (AvgIpc) is 3.01. The topological polar surface area (TPSA) is 41.0 Å². The van der Waals surface area contributed by atoms with Crippen molar-refractivity contribution < 1.29 is 0 Å². The van der Waals surface area contributed by atoms with Gasteiger partial charge in [0.2, 0.25) is 0 Å². The van der Waals surface area contributed by atoms with E-state index in [0.29, 0.717) is 6.04 Å². The highest BCUT2D eigenvalue weighted by Crippen LogP contribution is 2.13. The summed E-state index contributed by atoms with van der Waals surface area (Å²) < 4.78 is 8.34. The van der Waals surface area contributed by atoms with Crippen molar-refractivity contribution >= 4 is 11.7 Å². The predicted octanol–water partition coefficient (Wildman–Crippen LogP) is 2.29. The molecule has 3 rings (SSSR count). The van der Waals surface area contributed by atoms with Gasteiger partial charge in [-0.05, 0) is 18.4 Å². The molecule has 1 fully saturated rings. The minimum absolute atomic E-state index is 0.639. The quantitative estimate of drug-likeness (QED) is 0.916. The Bertz CT molecular complexity index is 492.